The minimum atomic E-state index is -1.10. The summed E-state index contributed by atoms with van der Waals surface area (Å²) < 4.78 is 11.0. The SMILES string of the molecule is C=CCc1cc(/C=C2\SC(=O)N(C)C2=O)cc(OCC)c1OCC(=O)O. The normalized spacial score (nSPS) is 15.5. The summed E-state index contributed by atoms with van der Waals surface area (Å²) in [6.45, 7) is 5.34. The Hall–Kier alpha value is -2.74. The average molecular weight is 377 g/mol. The lowest BCUT2D eigenvalue weighted by Gasteiger charge is -2.16. The van der Waals surface area contributed by atoms with Gasteiger partial charge in [0.1, 0.15) is 0 Å². The van der Waals surface area contributed by atoms with Gasteiger partial charge in [0.15, 0.2) is 18.1 Å². The Morgan fingerprint density at radius 1 is 1.35 bits per heavy atom. The maximum atomic E-state index is 12.1. The first-order valence-corrected chi connectivity index (χ1v) is 8.65. The number of hydrogen-bond acceptors (Lipinski definition) is 6. The predicted molar refractivity (Wildman–Crippen MR) is 98.4 cm³/mol. The van der Waals surface area contributed by atoms with Gasteiger partial charge in [0, 0.05) is 12.6 Å². The van der Waals surface area contributed by atoms with E-state index in [0.29, 0.717) is 40.6 Å². The highest BCUT2D eigenvalue weighted by Crippen LogP contribution is 2.37. The van der Waals surface area contributed by atoms with Gasteiger partial charge in [0.2, 0.25) is 0 Å². The van der Waals surface area contributed by atoms with E-state index >= 15 is 0 Å². The number of rotatable bonds is 8. The third kappa shape index (κ3) is 4.45. The van der Waals surface area contributed by atoms with Gasteiger partial charge in [-0.15, -0.1) is 6.58 Å². The average Bonchev–Trinajstić information content (AvgIpc) is 2.81. The summed E-state index contributed by atoms with van der Waals surface area (Å²) in [6.07, 6.45) is 3.68. The van der Waals surface area contributed by atoms with Crippen LogP contribution in [-0.2, 0) is 16.0 Å². The monoisotopic (exact) mass is 377 g/mol. The Balaban J connectivity index is 2.47. The van der Waals surface area contributed by atoms with Crippen LogP contribution < -0.4 is 9.47 Å². The van der Waals surface area contributed by atoms with E-state index in [1.807, 2.05) is 0 Å². The molecule has 26 heavy (non-hydrogen) atoms. The highest BCUT2D eigenvalue weighted by atomic mass is 32.2. The minimum Gasteiger partial charge on any atom is -0.490 e. The second-order valence-corrected chi connectivity index (χ2v) is 6.35. The molecule has 2 rings (SSSR count). The Morgan fingerprint density at radius 3 is 2.62 bits per heavy atom. The number of carboxylic acids is 1. The molecule has 2 amide bonds. The molecule has 0 aliphatic carbocycles. The van der Waals surface area contributed by atoms with Gasteiger partial charge in [0.25, 0.3) is 11.1 Å². The molecule has 8 heteroatoms. The smallest absolute Gasteiger partial charge is 0.341 e. The molecule has 0 bridgehead atoms. The number of carbonyl (C=O) groups is 3. The molecule has 1 N–H and O–H groups in total. The van der Waals surface area contributed by atoms with E-state index in [9.17, 15) is 14.4 Å². The number of carbonyl (C=O) groups excluding carboxylic acids is 2. The zero-order valence-electron chi connectivity index (χ0n) is 14.5. The lowest BCUT2D eigenvalue weighted by atomic mass is 10.0. The summed E-state index contributed by atoms with van der Waals surface area (Å²) in [7, 11) is 1.43. The van der Waals surface area contributed by atoms with Gasteiger partial charge in [-0.1, -0.05) is 6.08 Å². The molecule has 7 nitrogen and oxygen atoms in total. The molecule has 0 unspecified atom stereocenters. The fourth-order valence-electron chi connectivity index (χ4n) is 2.33. The van der Waals surface area contributed by atoms with Gasteiger partial charge in [0.05, 0.1) is 11.5 Å². The summed E-state index contributed by atoms with van der Waals surface area (Å²) >= 11 is 0.862. The van der Waals surface area contributed by atoms with Crippen LogP contribution in [0.3, 0.4) is 0 Å². The van der Waals surface area contributed by atoms with E-state index in [1.54, 1.807) is 31.2 Å². The summed E-state index contributed by atoms with van der Waals surface area (Å²) in [5.74, 6) is -0.767. The van der Waals surface area contributed by atoms with Crippen molar-refractivity contribution in [3.63, 3.8) is 0 Å². The number of ether oxygens (including phenoxy) is 2. The van der Waals surface area contributed by atoms with E-state index in [4.69, 9.17) is 14.6 Å². The molecular formula is C18H19NO6S. The molecule has 1 aromatic carbocycles. The van der Waals surface area contributed by atoms with Crippen molar-refractivity contribution in [3.8, 4) is 11.5 Å². The Kier molecular flexibility index (Phi) is 6.46. The number of thioether (sulfide) groups is 1. The molecule has 1 fully saturated rings. The zero-order valence-corrected chi connectivity index (χ0v) is 15.3. The summed E-state index contributed by atoms with van der Waals surface area (Å²) in [6, 6.07) is 3.40. The molecule has 1 aromatic rings. The maximum Gasteiger partial charge on any atom is 0.341 e. The number of amides is 2. The van der Waals surface area contributed by atoms with Crippen molar-refractivity contribution in [2.75, 3.05) is 20.3 Å². The fraction of sp³-hybridized carbons (Fsp3) is 0.278. The molecular weight excluding hydrogens is 358 g/mol. The molecule has 0 radical (unpaired) electrons. The van der Waals surface area contributed by atoms with Crippen LogP contribution in [0.15, 0.2) is 29.7 Å². The Bertz CT molecular complexity index is 786. The van der Waals surface area contributed by atoms with E-state index in [-0.39, 0.29) is 11.1 Å². The van der Waals surface area contributed by atoms with Crippen LogP contribution in [0.5, 0.6) is 11.5 Å². The molecule has 0 spiro atoms. The summed E-state index contributed by atoms with van der Waals surface area (Å²) in [4.78, 5) is 35.9. The lowest BCUT2D eigenvalue weighted by Crippen LogP contribution is -2.22. The van der Waals surface area contributed by atoms with Crippen molar-refractivity contribution in [2.45, 2.75) is 13.3 Å². The predicted octanol–water partition coefficient (Wildman–Crippen LogP) is 2.94. The second-order valence-electron chi connectivity index (χ2n) is 5.36. The number of hydrogen-bond donors (Lipinski definition) is 1. The number of imide groups is 1. The zero-order chi connectivity index (χ0) is 19.3. The molecule has 138 valence electrons. The van der Waals surface area contributed by atoms with Crippen molar-refractivity contribution < 1.29 is 29.0 Å². The van der Waals surface area contributed by atoms with E-state index < -0.39 is 12.6 Å². The van der Waals surface area contributed by atoms with Gasteiger partial charge in [-0.2, -0.15) is 0 Å². The minimum absolute atomic E-state index is 0.309. The largest absolute Gasteiger partial charge is 0.490 e. The number of nitrogens with zero attached hydrogens (tertiary/aromatic N) is 1. The van der Waals surface area contributed by atoms with Gasteiger partial charge < -0.3 is 14.6 Å². The lowest BCUT2D eigenvalue weighted by molar-refractivity contribution is -0.139. The van der Waals surface area contributed by atoms with Crippen molar-refractivity contribution in [2.24, 2.45) is 0 Å². The molecule has 1 saturated heterocycles. The first-order valence-electron chi connectivity index (χ1n) is 7.84. The molecule has 0 saturated carbocycles. The summed E-state index contributed by atoms with van der Waals surface area (Å²) in [5, 5.41) is 8.53. The third-order valence-corrected chi connectivity index (χ3v) is 4.40. The van der Waals surface area contributed by atoms with Crippen LogP contribution in [-0.4, -0.2) is 47.4 Å². The van der Waals surface area contributed by atoms with E-state index in [0.717, 1.165) is 16.7 Å². The van der Waals surface area contributed by atoms with Crippen LogP contribution in [0.1, 0.15) is 18.1 Å². The molecule has 1 heterocycles. The van der Waals surface area contributed by atoms with Gasteiger partial charge in [-0.3, -0.25) is 14.5 Å². The standard InChI is InChI=1S/C18H19NO6S/c1-4-6-12-7-11(9-14-17(22)19(3)18(23)26-14)8-13(24-5-2)16(12)25-10-15(20)21/h4,7-9H,1,5-6,10H2,2-3H3,(H,20,21)/b14-9-. The van der Waals surface area contributed by atoms with Crippen LogP contribution in [0.4, 0.5) is 4.79 Å². The third-order valence-electron chi connectivity index (χ3n) is 3.44. The van der Waals surface area contributed by atoms with Crippen molar-refractivity contribution in [1.82, 2.24) is 4.90 Å². The van der Waals surface area contributed by atoms with Crippen molar-refractivity contribution in [1.29, 1.82) is 0 Å². The highest BCUT2D eigenvalue weighted by molar-refractivity contribution is 8.18. The Labute approximate surface area is 155 Å². The highest BCUT2D eigenvalue weighted by Gasteiger charge is 2.31. The Morgan fingerprint density at radius 2 is 2.08 bits per heavy atom. The van der Waals surface area contributed by atoms with Crippen LogP contribution in [0.25, 0.3) is 6.08 Å². The first kappa shape index (κ1) is 19.6. The van der Waals surface area contributed by atoms with Crippen LogP contribution >= 0.6 is 11.8 Å². The first-order chi connectivity index (χ1) is 12.4. The van der Waals surface area contributed by atoms with Crippen molar-refractivity contribution >= 4 is 35.0 Å². The van der Waals surface area contributed by atoms with Crippen LogP contribution in [0, 0.1) is 0 Å². The van der Waals surface area contributed by atoms with E-state index in [1.165, 1.54) is 7.05 Å². The number of aliphatic carboxylic acids is 1. The topological polar surface area (TPSA) is 93.1 Å². The van der Waals surface area contributed by atoms with Gasteiger partial charge >= 0.3 is 5.97 Å². The second kappa shape index (κ2) is 8.57. The summed E-state index contributed by atoms with van der Waals surface area (Å²) in [5.41, 5.74) is 1.32. The van der Waals surface area contributed by atoms with Crippen molar-refractivity contribution in [3.05, 3.63) is 40.8 Å². The number of allylic oxidation sites excluding steroid dienone is 1. The maximum absolute atomic E-state index is 12.1. The quantitative estimate of drug-likeness (QED) is 0.550. The molecule has 0 atom stereocenters. The molecule has 0 aromatic heterocycles. The van der Waals surface area contributed by atoms with E-state index in [2.05, 4.69) is 6.58 Å². The van der Waals surface area contributed by atoms with Gasteiger partial charge in [-0.05, 0) is 48.9 Å². The van der Waals surface area contributed by atoms with Crippen LogP contribution in [0.2, 0.25) is 0 Å². The molecule has 1 aliphatic heterocycles. The molecule has 1 aliphatic rings. The number of likely N-dealkylation sites (N-methyl/N-ethyl adjacent to an activating group) is 1. The number of benzene rings is 1. The number of carboxylic acid groups (broad SMARTS) is 1. The van der Waals surface area contributed by atoms with Gasteiger partial charge in [-0.25, -0.2) is 4.79 Å². The fourth-order valence-corrected chi connectivity index (χ4v) is 3.16.